The van der Waals surface area contributed by atoms with E-state index < -0.39 is 17.2 Å². The molecule has 142 valence electrons. The Labute approximate surface area is 155 Å². The zero-order valence-corrected chi connectivity index (χ0v) is 15.0. The lowest BCUT2D eigenvalue weighted by atomic mass is 9.89. The molecule has 0 bridgehead atoms. The van der Waals surface area contributed by atoms with E-state index in [0.29, 0.717) is 13.1 Å². The quantitative estimate of drug-likeness (QED) is 0.822. The number of aromatic nitrogens is 2. The molecular formula is C19H21N3O5. The van der Waals surface area contributed by atoms with Crippen LogP contribution in [0.15, 0.2) is 40.1 Å². The fourth-order valence-electron chi connectivity index (χ4n) is 3.42. The molecule has 0 aliphatic carbocycles. The lowest BCUT2D eigenvalue weighted by Gasteiger charge is -2.33. The van der Waals surface area contributed by atoms with Crippen molar-refractivity contribution in [1.82, 2.24) is 14.5 Å². The van der Waals surface area contributed by atoms with E-state index in [9.17, 15) is 19.2 Å². The molecule has 0 radical (unpaired) electrons. The number of aromatic carboxylic acids is 1. The highest BCUT2D eigenvalue weighted by molar-refractivity contribution is 5.87. The molecule has 1 aliphatic rings. The highest BCUT2D eigenvalue weighted by atomic mass is 16.4. The van der Waals surface area contributed by atoms with Crippen LogP contribution >= 0.6 is 0 Å². The van der Waals surface area contributed by atoms with Gasteiger partial charge in [0.05, 0.1) is 12.0 Å². The van der Waals surface area contributed by atoms with Crippen LogP contribution in [0.2, 0.25) is 0 Å². The van der Waals surface area contributed by atoms with E-state index in [1.54, 1.807) is 23.1 Å². The highest BCUT2D eigenvalue weighted by Gasteiger charge is 2.26. The maximum atomic E-state index is 12.7. The predicted molar refractivity (Wildman–Crippen MR) is 98.0 cm³/mol. The van der Waals surface area contributed by atoms with Crippen molar-refractivity contribution in [1.29, 1.82) is 0 Å². The van der Waals surface area contributed by atoms with Crippen LogP contribution in [0.1, 0.15) is 40.2 Å². The van der Waals surface area contributed by atoms with E-state index in [4.69, 9.17) is 5.11 Å². The number of amides is 1. The first kappa shape index (κ1) is 18.6. The second-order valence-electron chi connectivity index (χ2n) is 6.77. The van der Waals surface area contributed by atoms with Gasteiger partial charge in [0.15, 0.2) is 0 Å². The van der Waals surface area contributed by atoms with Crippen molar-refractivity contribution in [3.63, 3.8) is 0 Å². The Kier molecular flexibility index (Phi) is 5.25. The Balaban J connectivity index is 1.74. The molecule has 1 aliphatic heterocycles. The van der Waals surface area contributed by atoms with Gasteiger partial charge in [-0.1, -0.05) is 12.1 Å². The summed E-state index contributed by atoms with van der Waals surface area (Å²) in [4.78, 5) is 51.5. The third kappa shape index (κ3) is 3.99. The van der Waals surface area contributed by atoms with Gasteiger partial charge >= 0.3 is 11.7 Å². The van der Waals surface area contributed by atoms with Crippen LogP contribution in [0.25, 0.3) is 0 Å². The SMILES string of the molecule is Cn1c(=O)[nH]cc(CC(=O)N2CCC[C@@H](c3cccc(C(=O)O)c3)C2)c1=O. The molecule has 2 N–H and O–H groups in total. The van der Waals surface area contributed by atoms with Gasteiger partial charge in [-0.2, -0.15) is 0 Å². The van der Waals surface area contributed by atoms with E-state index in [0.717, 1.165) is 23.0 Å². The monoisotopic (exact) mass is 371 g/mol. The summed E-state index contributed by atoms with van der Waals surface area (Å²) in [6.45, 7) is 1.07. The molecule has 27 heavy (non-hydrogen) atoms. The number of carboxylic acids is 1. The number of aromatic amines is 1. The molecule has 1 fully saturated rings. The molecule has 1 saturated heterocycles. The standard InChI is InChI=1S/C19H21N3O5/c1-21-17(24)15(10-20-19(21)27)9-16(23)22-7-3-6-14(11-22)12-4-2-5-13(8-12)18(25)26/h2,4-5,8,10,14H,3,6-7,9,11H2,1H3,(H,20,27)(H,25,26)/t14-/m1/s1. The van der Waals surface area contributed by atoms with E-state index in [-0.39, 0.29) is 29.4 Å². The van der Waals surface area contributed by atoms with Crippen molar-refractivity contribution in [3.05, 3.63) is 68.0 Å². The summed E-state index contributed by atoms with van der Waals surface area (Å²) in [5.41, 5.74) is 0.375. The van der Waals surface area contributed by atoms with E-state index in [2.05, 4.69) is 4.98 Å². The number of likely N-dealkylation sites (tertiary alicyclic amines) is 1. The van der Waals surface area contributed by atoms with Gasteiger partial charge in [-0.3, -0.25) is 14.2 Å². The van der Waals surface area contributed by atoms with Gasteiger partial charge in [-0.15, -0.1) is 0 Å². The third-order valence-electron chi connectivity index (χ3n) is 4.97. The van der Waals surface area contributed by atoms with E-state index in [1.165, 1.54) is 13.2 Å². The molecule has 1 aromatic heterocycles. The Bertz CT molecular complexity index is 991. The van der Waals surface area contributed by atoms with Crippen molar-refractivity contribution in [2.75, 3.05) is 13.1 Å². The second-order valence-corrected chi connectivity index (χ2v) is 6.77. The minimum atomic E-state index is -0.977. The van der Waals surface area contributed by atoms with Gasteiger partial charge in [0.2, 0.25) is 5.91 Å². The lowest BCUT2D eigenvalue weighted by molar-refractivity contribution is -0.131. The molecule has 8 nitrogen and oxygen atoms in total. The fraction of sp³-hybridized carbons (Fsp3) is 0.368. The molecule has 1 atom stereocenters. The average Bonchev–Trinajstić information content (AvgIpc) is 2.68. The number of nitrogens with zero attached hydrogens (tertiary/aromatic N) is 2. The Morgan fingerprint density at radius 1 is 1.30 bits per heavy atom. The maximum Gasteiger partial charge on any atom is 0.335 e. The molecule has 0 spiro atoms. The number of H-pyrrole nitrogens is 1. The molecule has 0 unspecified atom stereocenters. The largest absolute Gasteiger partial charge is 0.478 e. The summed E-state index contributed by atoms with van der Waals surface area (Å²) in [5, 5.41) is 9.16. The van der Waals surface area contributed by atoms with Gasteiger partial charge in [-0.05, 0) is 30.5 Å². The van der Waals surface area contributed by atoms with E-state index >= 15 is 0 Å². The Morgan fingerprint density at radius 2 is 2.07 bits per heavy atom. The second kappa shape index (κ2) is 7.61. The zero-order valence-electron chi connectivity index (χ0n) is 15.0. The minimum Gasteiger partial charge on any atom is -0.478 e. The number of benzene rings is 1. The summed E-state index contributed by atoms with van der Waals surface area (Å²) in [6.07, 6.45) is 2.89. The summed E-state index contributed by atoms with van der Waals surface area (Å²) < 4.78 is 0.943. The summed E-state index contributed by atoms with van der Waals surface area (Å²) in [5.74, 6) is -1.10. The zero-order chi connectivity index (χ0) is 19.6. The maximum absolute atomic E-state index is 12.7. The summed E-state index contributed by atoms with van der Waals surface area (Å²) in [6, 6.07) is 6.79. The molecule has 2 aromatic rings. The highest BCUT2D eigenvalue weighted by Crippen LogP contribution is 2.27. The third-order valence-corrected chi connectivity index (χ3v) is 4.97. The van der Waals surface area contributed by atoms with Gasteiger partial charge < -0.3 is 15.0 Å². The molecule has 2 heterocycles. The van der Waals surface area contributed by atoms with Crippen LogP contribution in [-0.4, -0.2) is 44.5 Å². The van der Waals surface area contributed by atoms with Gasteiger partial charge in [0, 0.05) is 37.8 Å². The number of carboxylic acid groups (broad SMARTS) is 1. The lowest BCUT2D eigenvalue weighted by Crippen LogP contribution is -2.42. The average molecular weight is 371 g/mol. The van der Waals surface area contributed by atoms with Crippen LogP contribution in [0.4, 0.5) is 0 Å². The van der Waals surface area contributed by atoms with Crippen molar-refractivity contribution in [2.45, 2.75) is 25.2 Å². The molecule has 0 saturated carbocycles. The normalized spacial score (nSPS) is 16.9. The van der Waals surface area contributed by atoms with Gasteiger partial charge in [-0.25, -0.2) is 9.59 Å². The molecule has 8 heteroatoms. The van der Waals surface area contributed by atoms with Crippen LogP contribution in [-0.2, 0) is 18.3 Å². The smallest absolute Gasteiger partial charge is 0.335 e. The Hall–Kier alpha value is -3.16. The fourth-order valence-corrected chi connectivity index (χ4v) is 3.42. The van der Waals surface area contributed by atoms with Crippen molar-refractivity contribution >= 4 is 11.9 Å². The summed E-state index contributed by atoms with van der Waals surface area (Å²) in [7, 11) is 1.36. The van der Waals surface area contributed by atoms with Crippen LogP contribution in [0, 0.1) is 0 Å². The van der Waals surface area contributed by atoms with Gasteiger partial charge in [0.1, 0.15) is 0 Å². The first-order chi connectivity index (χ1) is 12.9. The molecule has 1 aromatic carbocycles. The number of carbonyl (C=O) groups excluding carboxylic acids is 1. The topological polar surface area (TPSA) is 112 Å². The Morgan fingerprint density at radius 3 is 2.81 bits per heavy atom. The molecular weight excluding hydrogens is 350 g/mol. The van der Waals surface area contributed by atoms with Gasteiger partial charge in [0.25, 0.3) is 5.56 Å². The van der Waals surface area contributed by atoms with E-state index in [1.807, 2.05) is 6.07 Å². The number of hydrogen-bond donors (Lipinski definition) is 2. The number of nitrogens with one attached hydrogen (secondary N) is 1. The number of rotatable bonds is 4. The molecule has 3 rings (SSSR count). The van der Waals surface area contributed by atoms with Crippen molar-refractivity contribution in [2.24, 2.45) is 7.05 Å². The number of piperidine rings is 1. The van der Waals surface area contributed by atoms with Crippen LogP contribution < -0.4 is 11.2 Å². The first-order valence-corrected chi connectivity index (χ1v) is 8.75. The molecule has 1 amide bonds. The van der Waals surface area contributed by atoms with Crippen LogP contribution in [0.5, 0.6) is 0 Å². The first-order valence-electron chi connectivity index (χ1n) is 8.75. The van der Waals surface area contributed by atoms with Crippen molar-refractivity contribution < 1.29 is 14.7 Å². The summed E-state index contributed by atoms with van der Waals surface area (Å²) >= 11 is 0. The van der Waals surface area contributed by atoms with Crippen LogP contribution in [0.3, 0.4) is 0 Å². The number of carbonyl (C=O) groups is 2. The minimum absolute atomic E-state index is 0.0559. The number of hydrogen-bond acceptors (Lipinski definition) is 4. The van der Waals surface area contributed by atoms with Crippen molar-refractivity contribution in [3.8, 4) is 0 Å². The predicted octanol–water partition coefficient (Wildman–Crippen LogP) is 0.720.